The third kappa shape index (κ3) is 2.54. The van der Waals surface area contributed by atoms with Gasteiger partial charge >= 0.3 is 6.18 Å². The Hall–Kier alpha value is -0.900. The smallest absolute Gasteiger partial charge is 0.384 e. The second-order valence-electron chi connectivity index (χ2n) is 2.72. The maximum absolute atomic E-state index is 12.2. The van der Waals surface area contributed by atoms with Crippen LogP contribution in [0.2, 0.25) is 5.02 Å². The lowest BCUT2D eigenvalue weighted by atomic mass is 10.2. The molecule has 78 valence electrons. The van der Waals surface area contributed by atoms with Crippen molar-refractivity contribution < 1.29 is 13.2 Å². The minimum absolute atomic E-state index is 0.0849. The molecule has 1 aromatic carbocycles. The molecule has 0 aliphatic carbocycles. The molecular formula is C9H9ClF3N. The average molecular weight is 224 g/mol. The van der Waals surface area contributed by atoms with Gasteiger partial charge in [-0.1, -0.05) is 11.6 Å². The van der Waals surface area contributed by atoms with E-state index in [1.54, 1.807) is 0 Å². The highest BCUT2D eigenvalue weighted by Crippen LogP contribution is 2.33. The van der Waals surface area contributed by atoms with Gasteiger partial charge in [0, 0.05) is 6.54 Å². The summed E-state index contributed by atoms with van der Waals surface area (Å²) in [6.07, 6.45) is -4.34. The van der Waals surface area contributed by atoms with E-state index in [0.29, 0.717) is 12.2 Å². The minimum Gasteiger partial charge on any atom is -0.384 e. The van der Waals surface area contributed by atoms with Crippen molar-refractivity contribution in [1.29, 1.82) is 0 Å². The van der Waals surface area contributed by atoms with Crippen LogP contribution >= 0.6 is 11.6 Å². The first kappa shape index (κ1) is 11.2. The Morgan fingerprint density at radius 2 is 2.00 bits per heavy atom. The van der Waals surface area contributed by atoms with Gasteiger partial charge in [-0.15, -0.1) is 0 Å². The number of nitrogens with one attached hydrogen (secondary N) is 1. The van der Waals surface area contributed by atoms with E-state index in [1.807, 2.05) is 6.92 Å². The molecular weight excluding hydrogens is 215 g/mol. The molecule has 1 rings (SSSR count). The fourth-order valence-electron chi connectivity index (χ4n) is 1.03. The number of anilines is 1. The number of hydrogen-bond donors (Lipinski definition) is 1. The second-order valence-corrected chi connectivity index (χ2v) is 3.13. The SMILES string of the molecule is CCNc1ccc(C(F)(F)F)cc1Cl. The van der Waals surface area contributed by atoms with Crippen LogP contribution < -0.4 is 5.32 Å². The predicted molar refractivity (Wildman–Crippen MR) is 50.6 cm³/mol. The zero-order chi connectivity index (χ0) is 10.8. The van der Waals surface area contributed by atoms with Gasteiger partial charge in [0.15, 0.2) is 0 Å². The van der Waals surface area contributed by atoms with E-state index < -0.39 is 11.7 Å². The van der Waals surface area contributed by atoms with Gasteiger partial charge in [0.25, 0.3) is 0 Å². The summed E-state index contributed by atoms with van der Waals surface area (Å²) in [4.78, 5) is 0. The van der Waals surface area contributed by atoms with Gasteiger partial charge in [-0.2, -0.15) is 13.2 Å². The molecule has 5 heteroatoms. The van der Waals surface area contributed by atoms with Crippen LogP contribution in [0.25, 0.3) is 0 Å². The van der Waals surface area contributed by atoms with Crippen molar-refractivity contribution in [3.63, 3.8) is 0 Å². The normalized spacial score (nSPS) is 11.5. The van der Waals surface area contributed by atoms with Crippen LogP contribution in [-0.2, 0) is 6.18 Å². The minimum atomic E-state index is -4.34. The number of rotatable bonds is 2. The van der Waals surface area contributed by atoms with E-state index in [4.69, 9.17) is 11.6 Å². The quantitative estimate of drug-likeness (QED) is 0.804. The van der Waals surface area contributed by atoms with Crippen LogP contribution in [0.15, 0.2) is 18.2 Å². The zero-order valence-corrected chi connectivity index (χ0v) is 8.21. The molecule has 0 spiro atoms. The first-order valence-electron chi connectivity index (χ1n) is 4.05. The Kier molecular flexibility index (Phi) is 3.26. The van der Waals surface area contributed by atoms with E-state index in [-0.39, 0.29) is 5.02 Å². The molecule has 0 atom stereocenters. The molecule has 0 aliphatic heterocycles. The lowest BCUT2D eigenvalue weighted by molar-refractivity contribution is -0.137. The van der Waals surface area contributed by atoms with Gasteiger partial charge in [-0.25, -0.2) is 0 Å². The summed E-state index contributed by atoms with van der Waals surface area (Å²) in [7, 11) is 0. The summed E-state index contributed by atoms with van der Waals surface area (Å²) < 4.78 is 36.6. The summed E-state index contributed by atoms with van der Waals surface area (Å²) in [5.74, 6) is 0. The molecule has 1 aromatic rings. The molecule has 1 nitrogen and oxygen atoms in total. The Morgan fingerprint density at radius 3 is 2.43 bits per heavy atom. The average Bonchev–Trinajstić information content (AvgIpc) is 2.07. The summed E-state index contributed by atoms with van der Waals surface area (Å²) in [6, 6.07) is 3.25. The van der Waals surface area contributed by atoms with Crippen molar-refractivity contribution in [1.82, 2.24) is 0 Å². The highest BCUT2D eigenvalue weighted by atomic mass is 35.5. The summed E-state index contributed by atoms with van der Waals surface area (Å²) in [5.41, 5.74) is -0.216. The Labute approximate surface area is 84.9 Å². The summed E-state index contributed by atoms with van der Waals surface area (Å²) in [6.45, 7) is 2.46. The van der Waals surface area contributed by atoms with Gasteiger partial charge in [0.05, 0.1) is 16.3 Å². The Bertz CT molecular complexity index is 322. The maximum Gasteiger partial charge on any atom is 0.416 e. The molecule has 0 radical (unpaired) electrons. The predicted octanol–water partition coefficient (Wildman–Crippen LogP) is 3.79. The first-order valence-corrected chi connectivity index (χ1v) is 4.43. The molecule has 0 amide bonds. The number of hydrogen-bond acceptors (Lipinski definition) is 1. The molecule has 0 unspecified atom stereocenters. The van der Waals surface area contributed by atoms with E-state index >= 15 is 0 Å². The van der Waals surface area contributed by atoms with Crippen molar-refractivity contribution in [2.24, 2.45) is 0 Å². The van der Waals surface area contributed by atoms with Crippen molar-refractivity contribution in [3.05, 3.63) is 28.8 Å². The fourth-order valence-corrected chi connectivity index (χ4v) is 1.27. The molecule has 0 saturated heterocycles. The topological polar surface area (TPSA) is 12.0 Å². The summed E-state index contributed by atoms with van der Waals surface area (Å²) in [5, 5.41) is 2.94. The zero-order valence-electron chi connectivity index (χ0n) is 7.45. The molecule has 0 aliphatic rings. The Morgan fingerprint density at radius 1 is 1.36 bits per heavy atom. The van der Waals surface area contributed by atoms with Crippen molar-refractivity contribution in [3.8, 4) is 0 Å². The Balaban J connectivity index is 3.01. The lowest BCUT2D eigenvalue weighted by Gasteiger charge is -2.10. The van der Waals surface area contributed by atoms with Crippen molar-refractivity contribution in [2.45, 2.75) is 13.1 Å². The molecule has 1 N–H and O–H groups in total. The van der Waals surface area contributed by atoms with Crippen LogP contribution in [-0.4, -0.2) is 6.54 Å². The van der Waals surface area contributed by atoms with Crippen LogP contribution in [0, 0.1) is 0 Å². The summed E-state index contributed by atoms with van der Waals surface area (Å²) >= 11 is 5.65. The molecule has 0 fully saturated rings. The molecule has 0 bridgehead atoms. The van der Waals surface area contributed by atoms with E-state index in [0.717, 1.165) is 12.1 Å². The van der Waals surface area contributed by atoms with Crippen LogP contribution in [0.1, 0.15) is 12.5 Å². The maximum atomic E-state index is 12.2. The highest BCUT2D eigenvalue weighted by molar-refractivity contribution is 6.33. The van der Waals surface area contributed by atoms with Crippen molar-refractivity contribution in [2.75, 3.05) is 11.9 Å². The van der Waals surface area contributed by atoms with E-state index in [1.165, 1.54) is 6.07 Å². The number of alkyl halides is 3. The van der Waals surface area contributed by atoms with Gasteiger partial charge in [-0.05, 0) is 25.1 Å². The van der Waals surface area contributed by atoms with Crippen LogP contribution in [0.4, 0.5) is 18.9 Å². The first-order chi connectivity index (χ1) is 6.45. The van der Waals surface area contributed by atoms with Gasteiger partial charge in [-0.3, -0.25) is 0 Å². The van der Waals surface area contributed by atoms with Crippen LogP contribution in [0.5, 0.6) is 0 Å². The standard InChI is InChI=1S/C9H9ClF3N/c1-2-14-8-4-3-6(5-7(8)10)9(11,12)13/h3-5,14H,2H2,1H3. The highest BCUT2D eigenvalue weighted by Gasteiger charge is 2.30. The largest absolute Gasteiger partial charge is 0.416 e. The number of benzene rings is 1. The van der Waals surface area contributed by atoms with Gasteiger partial charge in [0.2, 0.25) is 0 Å². The molecule has 0 saturated carbocycles. The van der Waals surface area contributed by atoms with Crippen molar-refractivity contribution >= 4 is 17.3 Å². The second kappa shape index (κ2) is 4.09. The van der Waals surface area contributed by atoms with E-state index in [9.17, 15) is 13.2 Å². The molecule has 0 heterocycles. The fraction of sp³-hybridized carbons (Fsp3) is 0.333. The third-order valence-electron chi connectivity index (χ3n) is 1.66. The molecule has 0 aromatic heterocycles. The van der Waals surface area contributed by atoms with E-state index in [2.05, 4.69) is 5.32 Å². The molecule has 14 heavy (non-hydrogen) atoms. The van der Waals surface area contributed by atoms with Gasteiger partial charge in [0.1, 0.15) is 0 Å². The van der Waals surface area contributed by atoms with Gasteiger partial charge < -0.3 is 5.32 Å². The monoisotopic (exact) mass is 223 g/mol. The lowest BCUT2D eigenvalue weighted by Crippen LogP contribution is -2.05. The third-order valence-corrected chi connectivity index (χ3v) is 1.98. The van der Waals surface area contributed by atoms with Crippen LogP contribution in [0.3, 0.4) is 0 Å². The number of halogens is 4.